The van der Waals surface area contributed by atoms with E-state index in [4.69, 9.17) is 9.46 Å². The Labute approximate surface area is 219 Å². The first-order valence-electron chi connectivity index (χ1n) is 12.8. The minimum Gasteiger partial charge on any atom is -0.269 e. The number of fused-ring (bicyclic) bond motifs is 3. The van der Waals surface area contributed by atoms with E-state index in [-0.39, 0.29) is 0 Å². The summed E-state index contributed by atoms with van der Waals surface area (Å²) in [7, 11) is -3.11. The molecule has 6 aromatic carbocycles. The molecular formula is C34H30O2Si. The highest BCUT2D eigenvalue weighted by molar-refractivity contribution is 7.07. The van der Waals surface area contributed by atoms with Gasteiger partial charge in [-0.3, -0.25) is 4.58 Å². The van der Waals surface area contributed by atoms with Gasteiger partial charge < -0.3 is 0 Å². The van der Waals surface area contributed by atoms with Gasteiger partial charge in [-0.1, -0.05) is 127 Å². The highest BCUT2D eigenvalue weighted by Gasteiger charge is 2.45. The van der Waals surface area contributed by atoms with Gasteiger partial charge >= 0.3 is 8.32 Å². The van der Waals surface area contributed by atoms with Crippen molar-refractivity contribution >= 4 is 56.2 Å². The molecule has 0 saturated heterocycles. The smallest absolute Gasteiger partial charge is 0.269 e. The normalized spacial score (nSPS) is 12.4. The Kier molecular flexibility index (Phi) is 5.92. The molecule has 0 aliphatic heterocycles. The largest absolute Gasteiger partial charge is 0.331 e. The molecule has 2 nitrogen and oxygen atoms in total. The van der Waals surface area contributed by atoms with Gasteiger partial charge in [0, 0.05) is 0 Å². The third-order valence-electron chi connectivity index (χ3n) is 6.88. The van der Waals surface area contributed by atoms with Crippen LogP contribution in [0.25, 0.3) is 32.3 Å². The van der Waals surface area contributed by atoms with Crippen molar-refractivity contribution in [3.63, 3.8) is 0 Å². The average molecular weight is 499 g/mol. The van der Waals surface area contributed by atoms with Crippen LogP contribution in [0.15, 0.2) is 127 Å². The first-order valence-corrected chi connectivity index (χ1v) is 14.7. The van der Waals surface area contributed by atoms with Crippen LogP contribution in [0.5, 0.6) is 0 Å². The summed E-state index contributed by atoms with van der Waals surface area (Å²) in [4.78, 5) is 6.26. The van der Waals surface area contributed by atoms with Gasteiger partial charge in [0.15, 0.2) is 0 Å². The second kappa shape index (κ2) is 9.27. The summed E-state index contributed by atoms with van der Waals surface area (Å²) in [6, 6.07) is 45.7. The number of benzene rings is 6. The van der Waals surface area contributed by atoms with Crippen molar-refractivity contribution in [2.24, 2.45) is 0 Å². The van der Waals surface area contributed by atoms with Crippen LogP contribution in [0, 0.1) is 0 Å². The topological polar surface area (TPSA) is 18.5 Å². The quantitative estimate of drug-likeness (QED) is 0.112. The third-order valence-corrected chi connectivity index (χ3v) is 10.6. The fourth-order valence-corrected chi connectivity index (χ4v) is 8.75. The first-order chi connectivity index (χ1) is 17.9. The van der Waals surface area contributed by atoms with Crippen molar-refractivity contribution in [2.45, 2.75) is 26.4 Å². The molecule has 0 heterocycles. The molecule has 6 aromatic rings. The second-order valence-corrected chi connectivity index (χ2v) is 13.9. The van der Waals surface area contributed by atoms with E-state index in [9.17, 15) is 0 Å². The van der Waals surface area contributed by atoms with Crippen LogP contribution in [-0.2, 0) is 9.46 Å². The molecule has 0 saturated carbocycles. The maximum atomic E-state index is 6.84. The van der Waals surface area contributed by atoms with E-state index in [1.54, 1.807) is 0 Å². The highest BCUT2D eigenvalue weighted by Crippen LogP contribution is 2.22. The van der Waals surface area contributed by atoms with E-state index in [1.807, 2.05) is 20.8 Å². The molecule has 0 atom stereocenters. The zero-order valence-corrected chi connectivity index (χ0v) is 22.4. The van der Waals surface area contributed by atoms with Crippen LogP contribution in [0.1, 0.15) is 20.8 Å². The van der Waals surface area contributed by atoms with Crippen molar-refractivity contribution in [2.75, 3.05) is 0 Å². The molecule has 0 aliphatic carbocycles. The first kappa shape index (κ1) is 23.6. The summed E-state index contributed by atoms with van der Waals surface area (Å²) >= 11 is 0. The number of hydrogen-bond donors (Lipinski definition) is 0. The molecule has 182 valence electrons. The van der Waals surface area contributed by atoms with E-state index in [2.05, 4.69) is 127 Å². The lowest BCUT2D eigenvalue weighted by Crippen LogP contribution is -2.69. The van der Waals surface area contributed by atoms with E-state index >= 15 is 0 Å². The number of hydrogen-bond acceptors (Lipinski definition) is 2. The molecular weight excluding hydrogens is 468 g/mol. The molecule has 0 amide bonds. The maximum absolute atomic E-state index is 6.84. The fourth-order valence-electron chi connectivity index (χ4n) is 5.06. The minimum atomic E-state index is -3.11. The molecule has 0 N–H and O–H groups in total. The summed E-state index contributed by atoms with van der Waals surface area (Å²) in [5.41, 5.74) is -0.469. The van der Waals surface area contributed by atoms with Crippen molar-refractivity contribution in [1.29, 1.82) is 0 Å². The van der Waals surface area contributed by atoms with Gasteiger partial charge in [0.1, 0.15) is 0 Å². The predicted octanol–water partition coefficient (Wildman–Crippen LogP) is 6.86. The molecule has 37 heavy (non-hydrogen) atoms. The number of rotatable bonds is 5. The van der Waals surface area contributed by atoms with Gasteiger partial charge in [0.2, 0.25) is 0 Å². The van der Waals surface area contributed by atoms with Crippen LogP contribution < -0.4 is 15.6 Å². The maximum Gasteiger partial charge on any atom is 0.331 e. The van der Waals surface area contributed by atoms with Crippen molar-refractivity contribution in [3.8, 4) is 0 Å². The molecule has 0 unspecified atom stereocenters. The summed E-state index contributed by atoms with van der Waals surface area (Å²) in [6.07, 6.45) is 0. The monoisotopic (exact) mass is 498 g/mol. The molecule has 0 aliphatic rings. The van der Waals surface area contributed by atoms with Gasteiger partial charge in [0.25, 0.3) is 0 Å². The Bertz CT molecular complexity index is 1540. The Balaban J connectivity index is 1.69. The lowest BCUT2D eigenvalue weighted by molar-refractivity contribution is -0.281. The Morgan fingerprint density at radius 3 is 1.08 bits per heavy atom. The minimum absolute atomic E-state index is 0.469. The Hall–Kier alpha value is -3.76. The van der Waals surface area contributed by atoms with Crippen molar-refractivity contribution in [1.82, 2.24) is 0 Å². The van der Waals surface area contributed by atoms with Gasteiger partial charge in [-0.15, -0.1) is 0 Å². The van der Waals surface area contributed by atoms with Crippen LogP contribution in [0.2, 0.25) is 0 Å². The lowest BCUT2D eigenvalue weighted by Gasteiger charge is -2.34. The summed E-state index contributed by atoms with van der Waals surface area (Å²) < 4.78 is 6.84. The van der Waals surface area contributed by atoms with Crippen molar-refractivity contribution < 1.29 is 9.46 Å². The molecule has 0 fully saturated rings. The van der Waals surface area contributed by atoms with E-state index in [0.29, 0.717) is 0 Å². The van der Waals surface area contributed by atoms with Crippen molar-refractivity contribution in [3.05, 3.63) is 127 Å². The van der Waals surface area contributed by atoms with Gasteiger partial charge in [-0.05, 0) is 68.6 Å². The summed E-state index contributed by atoms with van der Waals surface area (Å²) in [5.74, 6) is 0. The van der Waals surface area contributed by atoms with Crippen LogP contribution >= 0.6 is 0 Å². The van der Waals surface area contributed by atoms with Crippen LogP contribution in [0.3, 0.4) is 0 Å². The van der Waals surface area contributed by atoms with Gasteiger partial charge in [0.05, 0.1) is 5.60 Å². The molecule has 0 bridgehead atoms. The standard InChI is InChI=1S/C34H30O2Si/c1-34(2,3)35-36-37(31-19-16-25-10-4-7-13-28(25)22-31,32-20-17-26-11-5-8-14-29(26)23-32)33-21-18-27-12-6-9-15-30(27)24-33/h4-24H,1-3H3. The van der Waals surface area contributed by atoms with E-state index in [0.717, 1.165) is 15.6 Å². The molecule has 0 aromatic heterocycles. The molecule has 0 radical (unpaired) electrons. The zero-order valence-electron chi connectivity index (χ0n) is 21.4. The predicted molar refractivity (Wildman–Crippen MR) is 158 cm³/mol. The third kappa shape index (κ3) is 4.47. The molecule has 6 rings (SSSR count). The second-order valence-electron chi connectivity index (χ2n) is 10.6. The zero-order chi connectivity index (χ0) is 25.5. The Morgan fingerprint density at radius 1 is 0.432 bits per heavy atom. The van der Waals surface area contributed by atoms with Crippen LogP contribution in [-0.4, -0.2) is 13.9 Å². The van der Waals surface area contributed by atoms with E-state index in [1.165, 1.54) is 32.3 Å². The lowest BCUT2D eigenvalue weighted by atomic mass is 10.1. The SMILES string of the molecule is CC(C)(C)OO[Si](c1ccc2ccccc2c1)(c1ccc2ccccc2c1)c1ccc2ccccc2c1. The summed E-state index contributed by atoms with van der Waals surface area (Å²) in [6.45, 7) is 6.11. The van der Waals surface area contributed by atoms with Gasteiger partial charge in [-0.2, -0.15) is 0 Å². The molecule has 0 spiro atoms. The average Bonchev–Trinajstić information content (AvgIpc) is 2.92. The highest BCUT2D eigenvalue weighted by atomic mass is 28.4. The van der Waals surface area contributed by atoms with E-state index < -0.39 is 13.9 Å². The molecule has 3 heteroatoms. The fraction of sp³-hybridized carbons (Fsp3) is 0.118. The van der Waals surface area contributed by atoms with Crippen LogP contribution in [0.4, 0.5) is 0 Å². The van der Waals surface area contributed by atoms with Gasteiger partial charge in [-0.25, -0.2) is 4.89 Å². The Morgan fingerprint density at radius 2 is 0.757 bits per heavy atom. The summed E-state index contributed by atoms with van der Waals surface area (Å²) in [5, 5.41) is 10.7.